The van der Waals surface area contributed by atoms with Crippen molar-refractivity contribution in [2.45, 2.75) is 24.9 Å². The van der Waals surface area contributed by atoms with E-state index in [1.54, 1.807) is 12.3 Å². The third kappa shape index (κ3) is 5.76. The Morgan fingerprint density at radius 3 is 2.62 bits per heavy atom. The molecule has 0 aliphatic carbocycles. The number of aromatic nitrogens is 1. The normalized spacial score (nSPS) is 12.2. The average molecular weight is 318 g/mol. The highest BCUT2D eigenvalue weighted by Crippen LogP contribution is 2.13. The summed E-state index contributed by atoms with van der Waals surface area (Å²) in [7, 11) is 0.413. The molecule has 0 aliphatic rings. The molecule has 7 nitrogen and oxygen atoms in total. The van der Waals surface area contributed by atoms with Crippen molar-refractivity contribution in [3.8, 4) is 0 Å². The van der Waals surface area contributed by atoms with Gasteiger partial charge in [-0.25, -0.2) is 13.1 Å². The van der Waals surface area contributed by atoms with Crippen LogP contribution in [0.4, 0.5) is 0 Å². The number of sulfonamides is 1. The number of nitrogens with zero attached hydrogens (tertiary/aromatic N) is 2. The minimum atomic E-state index is -3.50. The third-order valence-electron chi connectivity index (χ3n) is 3.04. The monoisotopic (exact) mass is 318 g/mol. The van der Waals surface area contributed by atoms with Crippen LogP contribution < -0.4 is 10.5 Å². The summed E-state index contributed by atoms with van der Waals surface area (Å²) in [4.78, 5) is 2.25. The predicted molar refractivity (Wildman–Crippen MR) is 82.6 cm³/mol. The van der Waals surface area contributed by atoms with Crippen LogP contribution >= 0.6 is 0 Å². The van der Waals surface area contributed by atoms with E-state index >= 15 is 0 Å². The van der Waals surface area contributed by atoms with Crippen LogP contribution in [0, 0.1) is 0 Å². The summed E-state index contributed by atoms with van der Waals surface area (Å²) in [5.74, 6) is 0. The van der Waals surface area contributed by atoms with Crippen molar-refractivity contribution in [2.75, 3.05) is 40.4 Å². The Balaban J connectivity index is 2.48. The molecule has 1 rings (SSSR count). The maximum absolute atomic E-state index is 12.1. The van der Waals surface area contributed by atoms with E-state index < -0.39 is 10.0 Å². The van der Waals surface area contributed by atoms with Gasteiger partial charge in [0.05, 0.1) is 18.1 Å². The van der Waals surface area contributed by atoms with Gasteiger partial charge in [-0.3, -0.25) is 0 Å². The van der Waals surface area contributed by atoms with Crippen molar-refractivity contribution in [1.29, 1.82) is 0 Å². The molecule has 0 radical (unpaired) electrons. The Bertz CT molecular complexity index is 504. The van der Waals surface area contributed by atoms with Gasteiger partial charge in [-0.2, -0.15) is 0 Å². The fraction of sp³-hybridized carbons (Fsp3) is 0.692. The molecule has 21 heavy (non-hydrogen) atoms. The Hall–Kier alpha value is -0.930. The van der Waals surface area contributed by atoms with Gasteiger partial charge in [-0.1, -0.05) is 0 Å². The first kappa shape index (κ1) is 18.1. The van der Waals surface area contributed by atoms with Crippen molar-refractivity contribution >= 4 is 10.0 Å². The van der Waals surface area contributed by atoms with Gasteiger partial charge in [-0.15, -0.1) is 0 Å². The van der Waals surface area contributed by atoms with Gasteiger partial charge in [0.2, 0.25) is 10.0 Å². The van der Waals surface area contributed by atoms with E-state index in [9.17, 15) is 8.42 Å². The summed E-state index contributed by atoms with van der Waals surface area (Å²) in [6.45, 7) is 4.95. The summed E-state index contributed by atoms with van der Waals surface area (Å²) in [6.07, 6.45) is 1.61. The molecule has 3 N–H and O–H groups in total. The molecular formula is C13H26N4O3S. The van der Waals surface area contributed by atoms with Crippen molar-refractivity contribution < 1.29 is 13.2 Å². The first-order valence-electron chi connectivity index (χ1n) is 7.02. The summed E-state index contributed by atoms with van der Waals surface area (Å²) in [5.41, 5.74) is 6.41. The molecule has 1 aromatic heterocycles. The Labute approximate surface area is 127 Å². The molecule has 122 valence electrons. The smallest absolute Gasteiger partial charge is 0.242 e. The van der Waals surface area contributed by atoms with E-state index in [1.165, 1.54) is 0 Å². The number of nitrogens with one attached hydrogen (secondary N) is 1. The number of nitrogens with two attached hydrogens (primary N) is 1. The van der Waals surface area contributed by atoms with Crippen LogP contribution in [0.15, 0.2) is 17.2 Å². The Kier molecular flexibility index (Phi) is 7.33. The zero-order chi connectivity index (χ0) is 15.9. The lowest BCUT2D eigenvalue weighted by Gasteiger charge is -2.10. The fourth-order valence-electron chi connectivity index (χ4n) is 1.82. The maximum atomic E-state index is 12.1. The molecule has 0 bridgehead atoms. The highest BCUT2D eigenvalue weighted by molar-refractivity contribution is 7.89. The number of aryl methyl sites for hydroxylation is 1. The minimum absolute atomic E-state index is 0.248. The summed E-state index contributed by atoms with van der Waals surface area (Å²) in [5, 5.41) is 0. The van der Waals surface area contributed by atoms with Crippen LogP contribution in [0.5, 0.6) is 0 Å². The Morgan fingerprint density at radius 2 is 2.10 bits per heavy atom. The number of hydrogen-bond donors (Lipinski definition) is 2. The maximum Gasteiger partial charge on any atom is 0.242 e. The van der Waals surface area contributed by atoms with E-state index in [-0.39, 0.29) is 11.4 Å². The second-order valence-electron chi connectivity index (χ2n) is 4.97. The van der Waals surface area contributed by atoms with Crippen molar-refractivity contribution in [3.63, 3.8) is 0 Å². The Morgan fingerprint density at radius 1 is 1.38 bits per heavy atom. The molecular weight excluding hydrogens is 292 g/mol. The van der Waals surface area contributed by atoms with Gasteiger partial charge in [0.1, 0.15) is 0 Å². The molecule has 0 aromatic carbocycles. The highest BCUT2D eigenvalue weighted by atomic mass is 32.2. The molecule has 1 heterocycles. The van der Waals surface area contributed by atoms with Crippen LogP contribution in [0.2, 0.25) is 0 Å². The minimum Gasteiger partial charge on any atom is -0.379 e. The first-order valence-corrected chi connectivity index (χ1v) is 8.50. The van der Waals surface area contributed by atoms with Gasteiger partial charge >= 0.3 is 0 Å². The van der Waals surface area contributed by atoms with Crippen LogP contribution in [-0.4, -0.2) is 58.3 Å². The number of likely N-dealkylation sites (N-methyl/N-ethyl adjacent to an activating group) is 1. The van der Waals surface area contributed by atoms with Crippen LogP contribution in [0.1, 0.15) is 12.6 Å². The molecule has 0 amide bonds. The van der Waals surface area contributed by atoms with Gasteiger partial charge in [-0.05, 0) is 27.1 Å². The quantitative estimate of drug-likeness (QED) is 0.584. The van der Waals surface area contributed by atoms with E-state index in [0.717, 1.165) is 12.2 Å². The summed E-state index contributed by atoms with van der Waals surface area (Å²) < 4.78 is 34.0. The molecule has 0 saturated carbocycles. The molecule has 0 saturated heterocycles. The SMILES string of the molecule is CCn1cc(S(=O)(=O)NCCOCCN(C)C)cc1CN. The van der Waals surface area contributed by atoms with Crippen LogP contribution in [-0.2, 0) is 27.8 Å². The second kappa shape index (κ2) is 8.50. The molecule has 0 aliphatic heterocycles. The van der Waals surface area contributed by atoms with E-state index in [2.05, 4.69) is 4.72 Å². The number of hydrogen-bond acceptors (Lipinski definition) is 5. The van der Waals surface area contributed by atoms with Gasteiger partial charge in [0.25, 0.3) is 0 Å². The van der Waals surface area contributed by atoms with E-state index in [0.29, 0.717) is 26.3 Å². The molecule has 0 spiro atoms. The molecule has 0 unspecified atom stereocenters. The van der Waals surface area contributed by atoms with Crippen molar-refractivity contribution in [3.05, 3.63) is 18.0 Å². The van der Waals surface area contributed by atoms with Crippen LogP contribution in [0.3, 0.4) is 0 Å². The number of ether oxygens (including phenoxy) is 1. The zero-order valence-electron chi connectivity index (χ0n) is 13.0. The van der Waals surface area contributed by atoms with Gasteiger partial charge < -0.3 is 19.9 Å². The number of rotatable bonds is 10. The van der Waals surface area contributed by atoms with E-state index in [4.69, 9.17) is 10.5 Å². The zero-order valence-corrected chi connectivity index (χ0v) is 13.8. The van der Waals surface area contributed by atoms with Gasteiger partial charge in [0.15, 0.2) is 0 Å². The largest absolute Gasteiger partial charge is 0.379 e. The van der Waals surface area contributed by atoms with E-state index in [1.807, 2.05) is 30.5 Å². The lowest BCUT2D eigenvalue weighted by Crippen LogP contribution is -2.28. The second-order valence-corrected chi connectivity index (χ2v) is 6.74. The van der Waals surface area contributed by atoms with Crippen molar-refractivity contribution in [1.82, 2.24) is 14.2 Å². The van der Waals surface area contributed by atoms with Crippen LogP contribution in [0.25, 0.3) is 0 Å². The lowest BCUT2D eigenvalue weighted by atomic mass is 10.4. The topological polar surface area (TPSA) is 89.6 Å². The first-order chi connectivity index (χ1) is 9.90. The molecule has 0 fully saturated rings. The summed E-state index contributed by atoms with van der Waals surface area (Å²) in [6, 6.07) is 1.61. The molecule has 1 aromatic rings. The van der Waals surface area contributed by atoms with Gasteiger partial charge in [0, 0.05) is 38.1 Å². The average Bonchev–Trinajstić information content (AvgIpc) is 2.86. The predicted octanol–water partition coefficient (Wildman–Crippen LogP) is -0.177. The lowest BCUT2D eigenvalue weighted by molar-refractivity contribution is 0.122. The fourth-order valence-corrected chi connectivity index (χ4v) is 2.90. The standard InChI is InChI=1S/C13H26N4O3S/c1-4-17-11-13(9-12(17)10-14)21(18,19)15-5-7-20-8-6-16(2)3/h9,11,15H,4-8,10,14H2,1-3H3. The van der Waals surface area contributed by atoms with Crippen molar-refractivity contribution in [2.24, 2.45) is 5.73 Å². The third-order valence-corrected chi connectivity index (χ3v) is 4.47. The summed E-state index contributed by atoms with van der Waals surface area (Å²) >= 11 is 0. The molecule has 8 heteroatoms. The highest BCUT2D eigenvalue weighted by Gasteiger charge is 2.17. The molecule has 0 atom stereocenters.